The number of hydrogen-bond donors (Lipinski definition) is 3. The predicted octanol–water partition coefficient (Wildman–Crippen LogP) is 0.179. The first-order valence-corrected chi connectivity index (χ1v) is 11.1. The van der Waals surface area contributed by atoms with Crippen LogP contribution in [0.15, 0.2) is 30.3 Å². The highest BCUT2D eigenvalue weighted by atomic mass is 79.9. The Morgan fingerprint density at radius 2 is 2.03 bits per heavy atom. The lowest BCUT2D eigenvalue weighted by Gasteiger charge is -2.34. The van der Waals surface area contributed by atoms with E-state index in [9.17, 15) is 19.5 Å². The lowest BCUT2D eigenvalue weighted by atomic mass is 9.70. The zero-order valence-corrected chi connectivity index (χ0v) is 18.3. The van der Waals surface area contributed by atoms with Gasteiger partial charge in [0.25, 0.3) is 0 Å². The van der Waals surface area contributed by atoms with Gasteiger partial charge in [-0.15, -0.1) is 0 Å². The number of hydrogen-bond acceptors (Lipinski definition) is 5. The third kappa shape index (κ3) is 3.23. The average Bonchev–Trinajstić information content (AvgIpc) is 3.34. The number of aliphatic hydroxyl groups excluding tert-OH is 1. The second-order valence-electron chi connectivity index (χ2n) is 8.09. The first-order valence-electron chi connectivity index (χ1n) is 10.2. The Morgan fingerprint density at radius 1 is 1.30 bits per heavy atom. The van der Waals surface area contributed by atoms with E-state index in [1.54, 1.807) is 0 Å². The molecule has 0 aliphatic carbocycles. The maximum absolute atomic E-state index is 13.4. The molecule has 162 valence electrons. The molecule has 0 saturated carbocycles. The number of nitrogens with zero attached hydrogens (tertiary/aromatic N) is 1. The van der Waals surface area contributed by atoms with Crippen molar-refractivity contribution in [1.82, 2.24) is 15.5 Å². The van der Waals surface area contributed by atoms with Crippen LogP contribution in [0.5, 0.6) is 0 Å². The summed E-state index contributed by atoms with van der Waals surface area (Å²) >= 11 is 3.60. The lowest BCUT2D eigenvalue weighted by molar-refractivity contribution is -0.142. The van der Waals surface area contributed by atoms with Gasteiger partial charge < -0.3 is 25.4 Å². The minimum Gasteiger partial charge on any atom is -0.396 e. The van der Waals surface area contributed by atoms with E-state index in [4.69, 9.17) is 4.74 Å². The van der Waals surface area contributed by atoms with Crippen molar-refractivity contribution in [3.05, 3.63) is 35.9 Å². The van der Waals surface area contributed by atoms with E-state index in [1.807, 2.05) is 30.3 Å². The standard InChI is InChI=1S/C21H26BrN3O5/c1-23-18(27)14-15-20(29)25(8-5-9-26)17(21(15)10-13(22)16(14)30-21)19(28)24-11-12-6-3-2-4-7-12/h2-4,6-7,13-17,26H,5,8-11H2,1H3,(H,23,27)(H,24,28)/t13?,14-,15+,16-,17?,21?/m1/s1. The number of carbonyl (C=O) groups is 3. The van der Waals surface area contributed by atoms with Crippen molar-refractivity contribution < 1.29 is 24.2 Å². The molecule has 30 heavy (non-hydrogen) atoms. The molecule has 0 radical (unpaired) electrons. The largest absolute Gasteiger partial charge is 0.396 e. The van der Waals surface area contributed by atoms with Crippen LogP contribution in [0.1, 0.15) is 18.4 Å². The second-order valence-corrected chi connectivity index (χ2v) is 9.27. The number of nitrogens with one attached hydrogen (secondary N) is 2. The molecular weight excluding hydrogens is 454 g/mol. The molecule has 3 amide bonds. The number of amides is 3. The minimum absolute atomic E-state index is 0.0940. The summed E-state index contributed by atoms with van der Waals surface area (Å²) in [6.45, 7) is 0.473. The van der Waals surface area contributed by atoms with Crippen molar-refractivity contribution in [2.24, 2.45) is 11.8 Å². The number of likely N-dealkylation sites (tertiary alicyclic amines) is 1. The third-order valence-corrected chi connectivity index (χ3v) is 7.30. The Balaban J connectivity index is 1.65. The zero-order chi connectivity index (χ0) is 21.5. The van der Waals surface area contributed by atoms with Crippen LogP contribution in [0.4, 0.5) is 0 Å². The van der Waals surface area contributed by atoms with Gasteiger partial charge in [0, 0.05) is 31.6 Å². The van der Waals surface area contributed by atoms with Gasteiger partial charge >= 0.3 is 0 Å². The highest BCUT2D eigenvalue weighted by molar-refractivity contribution is 9.09. The molecule has 9 heteroatoms. The third-order valence-electron chi connectivity index (χ3n) is 6.45. The summed E-state index contributed by atoms with van der Waals surface area (Å²) in [5.74, 6) is -2.16. The van der Waals surface area contributed by atoms with Gasteiger partial charge in [-0.05, 0) is 18.4 Å². The van der Waals surface area contributed by atoms with E-state index in [0.717, 1.165) is 5.56 Å². The molecule has 3 unspecified atom stereocenters. The van der Waals surface area contributed by atoms with E-state index in [0.29, 0.717) is 19.4 Å². The highest BCUT2D eigenvalue weighted by Crippen LogP contribution is 2.59. The van der Waals surface area contributed by atoms with Crippen molar-refractivity contribution in [1.29, 1.82) is 0 Å². The maximum atomic E-state index is 13.4. The van der Waals surface area contributed by atoms with E-state index in [-0.39, 0.29) is 35.7 Å². The predicted molar refractivity (Wildman–Crippen MR) is 111 cm³/mol. The van der Waals surface area contributed by atoms with E-state index in [2.05, 4.69) is 26.6 Å². The molecule has 3 saturated heterocycles. The Labute approximate surface area is 183 Å². The molecule has 6 atom stereocenters. The molecule has 3 heterocycles. The quantitative estimate of drug-likeness (QED) is 0.483. The van der Waals surface area contributed by atoms with Crippen LogP contribution >= 0.6 is 15.9 Å². The summed E-state index contributed by atoms with van der Waals surface area (Å²) < 4.78 is 6.30. The average molecular weight is 480 g/mol. The first kappa shape index (κ1) is 21.3. The summed E-state index contributed by atoms with van der Waals surface area (Å²) in [6.07, 6.45) is 0.368. The maximum Gasteiger partial charge on any atom is 0.246 e. The van der Waals surface area contributed by atoms with E-state index >= 15 is 0 Å². The number of benzene rings is 1. The smallest absolute Gasteiger partial charge is 0.246 e. The van der Waals surface area contributed by atoms with Crippen LogP contribution in [0, 0.1) is 11.8 Å². The number of ether oxygens (including phenoxy) is 1. The molecule has 2 bridgehead atoms. The Kier molecular flexibility index (Phi) is 5.87. The van der Waals surface area contributed by atoms with Gasteiger partial charge in [0.2, 0.25) is 17.7 Å². The van der Waals surface area contributed by atoms with Crippen LogP contribution in [0.3, 0.4) is 0 Å². The van der Waals surface area contributed by atoms with Gasteiger partial charge in [0.05, 0.1) is 17.9 Å². The molecule has 1 aromatic rings. The molecule has 1 aromatic carbocycles. The van der Waals surface area contributed by atoms with Crippen molar-refractivity contribution in [3.63, 3.8) is 0 Å². The summed E-state index contributed by atoms with van der Waals surface area (Å²) in [5, 5.41) is 14.9. The fourth-order valence-electron chi connectivity index (χ4n) is 5.26. The zero-order valence-electron chi connectivity index (χ0n) is 16.7. The Hall–Kier alpha value is -1.97. The van der Waals surface area contributed by atoms with E-state index < -0.39 is 29.6 Å². The Morgan fingerprint density at radius 3 is 2.70 bits per heavy atom. The van der Waals surface area contributed by atoms with Gasteiger partial charge in [0.15, 0.2) is 0 Å². The molecule has 3 aliphatic rings. The van der Waals surface area contributed by atoms with Gasteiger partial charge in [0.1, 0.15) is 11.6 Å². The first-order chi connectivity index (χ1) is 14.4. The molecule has 1 spiro atoms. The molecule has 3 aliphatic heterocycles. The van der Waals surface area contributed by atoms with Crippen molar-refractivity contribution in [3.8, 4) is 0 Å². The molecular formula is C21H26BrN3O5. The summed E-state index contributed by atoms with van der Waals surface area (Å²) in [5.41, 5.74) is -0.104. The minimum atomic E-state index is -1.05. The Bertz CT molecular complexity index is 837. The molecule has 3 fully saturated rings. The van der Waals surface area contributed by atoms with Gasteiger partial charge in [-0.1, -0.05) is 46.3 Å². The number of alkyl halides is 1. The molecule has 4 rings (SSSR count). The SMILES string of the molecule is CNC(=O)[C@H]1[C@@H]2OC3(CC2Br)C(C(=O)NCc2ccccc2)N(CCCO)C(=O)[C@H]13. The summed E-state index contributed by atoms with van der Waals surface area (Å²) in [7, 11) is 1.54. The van der Waals surface area contributed by atoms with Crippen molar-refractivity contribution in [2.45, 2.75) is 42.0 Å². The normalized spacial score (nSPS) is 34.2. The molecule has 0 aromatic heterocycles. The van der Waals surface area contributed by atoms with Crippen LogP contribution in [-0.4, -0.2) is 70.5 Å². The number of halogens is 1. The lowest BCUT2D eigenvalue weighted by Crippen LogP contribution is -2.55. The summed E-state index contributed by atoms with van der Waals surface area (Å²) in [4.78, 5) is 40.7. The van der Waals surface area contributed by atoms with Crippen molar-refractivity contribution in [2.75, 3.05) is 20.2 Å². The monoisotopic (exact) mass is 479 g/mol. The van der Waals surface area contributed by atoms with Gasteiger partial charge in [-0.25, -0.2) is 0 Å². The fourth-order valence-corrected chi connectivity index (χ4v) is 6.20. The fraction of sp³-hybridized carbons (Fsp3) is 0.571. The van der Waals surface area contributed by atoms with Crippen LogP contribution in [0.25, 0.3) is 0 Å². The number of aliphatic hydroxyl groups is 1. The summed E-state index contributed by atoms with van der Waals surface area (Å²) in [6, 6.07) is 8.69. The molecule has 8 nitrogen and oxygen atoms in total. The van der Waals surface area contributed by atoms with E-state index in [1.165, 1.54) is 11.9 Å². The molecule has 3 N–H and O–H groups in total. The van der Waals surface area contributed by atoms with Crippen LogP contribution in [0.2, 0.25) is 0 Å². The number of carbonyl (C=O) groups excluding carboxylic acids is 3. The van der Waals surface area contributed by atoms with Gasteiger partial charge in [-0.3, -0.25) is 14.4 Å². The highest BCUT2D eigenvalue weighted by Gasteiger charge is 2.76. The van der Waals surface area contributed by atoms with Crippen molar-refractivity contribution >= 4 is 33.7 Å². The van der Waals surface area contributed by atoms with Crippen LogP contribution in [-0.2, 0) is 25.7 Å². The topological polar surface area (TPSA) is 108 Å². The van der Waals surface area contributed by atoms with Crippen LogP contribution < -0.4 is 10.6 Å². The number of rotatable bonds is 7. The number of fused-ring (bicyclic) bond motifs is 1. The van der Waals surface area contributed by atoms with Gasteiger partial charge in [-0.2, -0.15) is 0 Å². The second kappa shape index (κ2) is 8.28.